The van der Waals surface area contributed by atoms with Crippen molar-refractivity contribution < 1.29 is 9.53 Å². The molecule has 0 saturated carbocycles. The third-order valence-corrected chi connectivity index (χ3v) is 3.21. The first-order chi connectivity index (χ1) is 10.1. The van der Waals surface area contributed by atoms with E-state index < -0.39 is 0 Å². The highest BCUT2D eigenvalue weighted by atomic mass is 35.5. The largest absolute Gasteiger partial charge is 0.462 e. The first-order valence-corrected chi connectivity index (χ1v) is 7.03. The van der Waals surface area contributed by atoms with Crippen molar-refractivity contribution in [3.05, 3.63) is 58.6 Å². The van der Waals surface area contributed by atoms with E-state index in [4.69, 9.17) is 22.1 Å². The minimum absolute atomic E-state index is 0.343. The SMILES string of the molecule is CCOC(=O)c1ccc(NCc2ccc(Cl)cc2)c(N)c1. The molecule has 2 rings (SSSR count). The number of hydrogen-bond acceptors (Lipinski definition) is 4. The second-order valence-electron chi connectivity index (χ2n) is 4.50. The van der Waals surface area contributed by atoms with Gasteiger partial charge in [0.15, 0.2) is 0 Å². The Labute approximate surface area is 128 Å². The van der Waals surface area contributed by atoms with E-state index in [1.54, 1.807) is 25.1 Å². The van der Waals surface area contributed by atoms with Crippen LogP contribution in [0.25, 0.3) is 0 Å². The maximum absolute atomic E-state index is 11.6. The Hall–Kier alpha value is -2.20. The third kappa shape index (κ3) is 4.13. The van der Waals surface area contributed by atoms with Gasteiger partial charge in [-0.25, -0.2) is 4.79 Å². The van der Waals surface area contributed by atoms with Crippen LogP contribution in [-0.4, -0.2) is 12.6 Å². The second kappa shape index (κ2) is 6.99. The molecule has 0 heterocycles. The second-order valence-corrected chi connectivity index (χ2v) is 4.94. The number of ether oxygens (including phenoxy) is 1. The van der Waals surface area contributed by atoms with Gasteiger partial charge in [0.25, 0.3) is 0 Å². The number of carbonyl (C=O) groups is 1. The van der Waals surface area contributed by atoms with Crippen molar-refractivity contribution >= 4 is 28.9 Å². The average molecular weight is 305 g/mol. The van der Waals surface area contributed by atoms with E-state index in [-0.39, 0.29) is 5.97 Å². The van der Waals surface area contributed by atoms with Crippen LogP contribution in [0.15, 0.2) is 42.5 Å². The van der Waals surface area contributed by atoms with Gasteiger partial charge in [0.05, 0.1) is 23.5 Å². The Morgan fingerprint density at radius 1 is 1.24 bits per heavy atom. The standard InChI is InChI=1S/C16H17ClN2O2/c1-2-21-16(20)12-5-8-15(14(18)9-12)19-10-11-3-6-13(17)7-4-11/h3-9,19H,2,10,18H2,1H3. The molecule has 0 amide bonds. The first-order valence-electron chi connectivity index (χ1n) is 6.65. The molecule has 110 valence electrons. The quantitative estimate of drug-likeness (QED) is 0.653. The van der Waals surface area contributed by atoms with Gasteiger partial charge in [0.2, 0.25) is 0 Å². The molecule has 0 aromatic heterocycles. The number of nitrogen functional groups attached to an aromatic ring is 1. The molecule has 0 unspecified atom stereocenters. The van der Waals surface area contributed by atoms with Crippen molar-refractivity contribution in [3.63, 3.8) is 0 Å². The fourth-order valence-corrected chi connectivity index (χ4v) is 1.99. The molecular formula is C16H17ClN2O2. The lowest BCUT2D eigenvalue weighted by Crippen LogP contribution is -2.07. The van der Waals surface area contributed by atoms with E-state index in [9.17, 15) is 4.79 Å². The molecular weight excluding hydrogens is 288 g/mol. The average Bonchev–Trinajstić information content (AvgIpc) is 2.48. The lowest BCUT2D eigenvalue weighted by Gasteiger charge is -2.11. The molecule has 5 heteroatoms. The van der Waals surface area contributed by atoms with Crippen LogP contribution in [0.3, 0.4) is 0 Å². The molecule has 4 nitrogen and oxygen atoms in total. The highest BCUT2D eigenvalue weighted by Crippen LogP contribution is 2.21. The van der Waals surface area contributed by atoms with Crippen LogP contribution in [0.5, 0.6) is 0 Å². The predicted octanol–water partition coefficient (Wildman–Crippen LogP) is 3.71. The maximum atomic E-state index is 11.6. The molecule has 2 aromatic carbocycles. The number of halogens is 1. The summed E-state index contributed by atoms with van der Waals surface area (Å²) in [4.78, 5) is 11.6. The van der Waals surface area contributed by atoms with Gasteiger partial charge in [-0.2, -0.15) is 0 Å². The van der Waals surface area contributed by atoms with Crippen molar-refractivity contribution in [2.24, 2.45) is 0 Å². The van der Waals surface area contributed by atoms with E-state index in [0.29, 0.717) is 29.4 Å². The van der Waals surface area contributed by atoms with E-state index in [1.165, 1.54) is 0 Å². The maximum Gasteiger partial charge on any atom is 0.338 e. The number of esters is 1. The summed E-state index contributed by atoms with van der Waals surface area (Å²) in [6.45, 7) is 2.73. The number of carbonyl (C=O) groups excluding carboxylic acids is 1. The summed E-state index contributed by atoms with van der Waals surface area (Å²) in [6.07, 6.45) is 0. The molecule has 0 aliphatic carbocycles. The smallest absolute Gasteiger partial charge is 0.338 e. The van der Waals surface area contributed by atoms with Gasteiger partial charge in [-0.3, -0.25) is 0 Å². The summed E-state index contributed by atoms with van der Waals surface area (Å²) in [6, 6.07) is 12.6. The zero-order chi connectivity index (χ0) is 15.2. The van der Waals surface area contributed by atoms with Crippen LogP contribution < -0.4 is 11.1 Å². The van der Waals surface area contributed by atoms with Crippen molar-refractivity contribution in [3.8, 4) is 0 Å². The van der Waals surface area contributed by atoms with E-state index in [2.05, 4.69) is 5.32 Å². The van der Waals surface area contributed by atoms with Crippen molar-refractivity contribution in [2.75, 3.05) is 17.7 Å². The lowest BCUT2D eigenvalue weighted by atomic mass is 10.1. The first kappa shape index (κ1) is 15.2. The van der Waals surface area contributed by atoms with Crippen LogP contribution >= 0.6 is 11.6 Å². The number of nitrogens with two attached hydrogens (primary N) is 1. The van der Waals surface area contributed by atoms with Gasteiger partial charge >= 0.3 is 5.97 Å². The Morgan fingerprint density at radius 2 is 1.95 bits per heavy atom. The zero-order valence-electron chi connectivity index (χ0n) is 11.7. The van der Waals surface area contributed by atoms with Gasteiger partial charge < -0.3 is 15.8 Å². The van der Waals surface area contributed by atoms with E-state index in [1.807, 2.05) is 24.3 Å². The topological polar surface area (TPSA) is 64.3 Å². The Morgan fingerprint density at radius 3 is 2.57 bits per heavy atom. The summed E-state index contributed by atoms with van der Waals surface area (Å²) in [5, 5.41) is 3.93. The van der Waals surface area contributed by atoms with Crippen LogP contribution in [0.2, 0.25) is 5.02 Å². The molecule has 0 radical (unpaired) electrons. The minimum Gasteiger partial charge on any atom is -0.462 e. The van der Waals surface area contributed by atoms with Gasteiger partial charge in [-0.15, -0.1) is 0 Å². The number of anilines is 2. The highest BCUT2D eigenvalue weighted by Gasteiger charge is 2.08. The van der Waals surface area contributed by atoms with Crippen molar-refractivity contribution in [1.82, 2.24) is 0 Å². The van der Waals surface area contributed by atoms with Crippen LogP contribution in [-0.2, 0) is 11.3 Å². The molecule has 0 bridgehead atoms. The van der Waals surface area contributed by atoms with E-state index in [0.717, 1.165) is 11.3 Å². The Balaban J connectivity index is 2.04. The summed E-state index contributed by atoms with van der Waals surface area (Å²) >= 11 is 5.84. The molecule has 0 atom stereocenters. The van der Waals surface area contributed by atoms with Crippen LogP contribution in [0.1, 0.15) is 22.8 Å². The number of nitrogens with one attached hydrogen (secondary N) is 1. The fourth-order valence-electron chi connectivity index (χ4n) is 1.86. The monoisotopic (exact) mass is 304 g/mol. The molecule has 0 aliphatic rings. The van der Waals surface area contributed by atoms with Crippen LogP contribution in [0.4, 0.5) is 11.4 Å². The summed E-state index contributed by atoms with van der Waals surface area (Å²) in [5.41, 5.74) is 8.78. The molecule has 0 fully saturated rings. The predicted molar refractivity (Wildman–Crippen MR) is 85.6 cm³/mol. The Bertz CT molecular complexity index is 627. The Kier molecular flexibility index (Phi) is 5.06. The van der Waals surface area contributed by atoms with Gasteiger partial charge in [-0.1, -0.05) is 23.7 Å². The molecule has 2 aromatic rings. The summed E-state index contributed by atoms with van der Waals surface area (Å²) in [5.74, 6) is -0.367. The number of rotatable bonds is 5. The van der Waals surface area contributed by atoms with Crippen molar-refractivity contribution in [1.29, 1.82) is 0 Å². The molecule has 3 N–H and O–H groups in total. The normalized spacial score (nSPS) is 10.2. The van der Waals surface area contributed by atoms with E-state index >= 15 is 0 Å². The van der Waals surface area contributed by atoms with Gasteiger partial charge in [0.1, 0.15) is 0 Å². The summed E-state index contributed by atoms with van der Waals surface area (Å²) < 4.78 is 4.94. The molecule has 0 aliphatic heterocycles. The van der Waals surface area contributed by atoms with Gasteiger partial charge in [-0.05, 0) is 42.8 Å². The number of benzene rings is 2. The van der Waals surface area contributed by atoms with Crippen molar-refractivity contribution in [2.45, 2.75) is 13.5 Å². The van der Waals surface area contributed by atoms with Gasteiger partial charge in [0, 0.05) is 11.6 Å². The molecule has 21 heavy (non-hydrogen) atoms. The summed E-state index contributed by atoms with van der Waals surface area (Å²) in [7, 11) is 0. The minimum atomic E-state index is -0.367. The molecule has 0 spiro atoms. The fraction of sp³-hybridized carbons (Fsp3) is 0.188. The third-order valence-electron chi connectivity index (χ3n) is 2.96. The highest BCUT2D eigenvalue weighted by molar-refractivity contribution is 6.30. The zero-order valence-corrected chi connectivity index (χ0v) is 12.5. The molecule has 0 saturated heterocycles. The van der Waals surface area contributed by atoms with Crippen LogP contribution in [0, 0.1) is 0 Å². The number of hydrogen-bond donors (Lipinski definition) is 2. The lowest BCUT2D eigenvalue weighted by molar-refractivity contribution is 0.0526.